The Morgan fingerprint density at radius 2 is 1.80 bits per heavy atom. The summed E-state index contributed by atoms with van der Waals surface area (Å²) in [6.45, 7) is 2.14. The van der Waals surface area contributed by atoms with Crippen LogP contribution in [0, 0.1) is 12.7 Å². The standard InChI is InChI=1S/C21H30FN3O4S/c1-15-14-18(9-10-19(15)22)30(28,29)25-13-5-4-8-17(25)11-12-23-20(26)21(27)24-16-6-2-3-7-16/h9-10,14,16-17H,2-8,11-13H2,1H3,(H,23,26)(H,24,27)/t17-/m0/s1. The third kappa shape index (κ3) is 5.37. The average molecular weight is 440 g/mol. The molecule has 3 rings (SSSR count). The van der Waals surface area contributed by atoms with E-state index in [0.29, 0.717) is 19.4 Å². The number of amides is 2. The number of carbonyl (C=O) groups excluding carboxylic acids is 2. The number of sulfonamides is 1. The Bertz CT molecular complexity index is 884. The first-order valence-corrected chi connectivity index (χ1v) is 12.1. The van der Waals surface area contributed by atoms with Gasteiger partial charge < -0.3 is 10.6 Å². The van der Waals surface area contributed by atoms with E-state index in [4.69, 9.17) is 0 Å². The number of nitrogens with one attached hydrogen (secondary N) is 2. The Morgan fingerprint density at radius 3 is 2.50 bits per heavy atom. The molecule has 9 heteroatoms. The lowest BCUT2D eigenvalue weighted by atomic mass is 10.0. The van der Waals surface area contributed by atoms with Crippen LogP contribution in [0.4, 0.5) is 4.39 Å². The second-order valence-electron chi connectivity index (χ2n) is 8.18. The minimum atomic E-state index is -3.76. The molecule has 30 heavy (non-hydrogen) atoms. The van der Waals surface area contributed by atoms with E-state index in [1.165, 1.54) is 29.4 Å². The van der Waals surface area contributed by atoms with Crippen LogP contribution < -0.4 is 10.6 Å². The van der Waals surface area contributed by atoms with Gasteiger partial charge in [-0.2, -0.15) is 4.31 Å². The number of carbonyl (C=O) groups is 2. The van der Waals surface area contributed by atoms with Crippen molar-refractivity contribution in [2.75, 3.05) is 13.1 Å². The quantitative estimate of drug-likeness (QED) is 0.665. The average Bonchev–Trinajstić information content (AvgIpc) is 3.23. The smallest absolute Gasteiger partial charge is 0.309 e. The van der Waals surface area contributed by atoms with Crippen molar-refractivity contribution in [3.8, 4) is 0 Å². The van der Waals surface area contributed by atoms with Crippen molar-refractivity contribution < 1.29 is 22.4 Å². The summed E-state index contributed by atoms with van der Waals surface area (Å²) in [4.78, 5) is 24.1. The number of hydrogen-bond acceptors (Lipinski definition) is 4. The van der Waals surface area contributed by atoms with Gasteiger partial charge in [0.15, 0.2) is 0 Å². The lowest BCUT2D eigenvalue weighted by molar-refractivity contribution is -0.139. The van der Waals surface area contributed by atoms with Crippen LogP contribution in [0.1, 0.15) is 56.9 Å². The highest BCUT2D eigenvalue weighted by atomic mass is 32.2. The molecule has 0 radical (unpaired) electrons. The molecule has 2 amide bonds. The lowest BCUT2D eigenvalue weighted by Crippen LogP contribution is -2.47. The van der Waals surface area contributed by atoms with Crippen molar-refractivity contribution >= 4 is 21.8 Å². The van der Waals surface area contributed by atoms with E-state index in [-0.39, 0.29) is 29.1 Å². The fraction of sp³-hybridized carbons (Fsp3) is 0.619. The van der Waals surface area contributed by atoms with Crippen molar-refractivity contribution in [1.82, 2.24) is 14.9 Å². The van der Waals surface area contributed by atoms with Crippen LogP contribution in [0.2, 0.25) is 0 Å². The van der Waals surface area contributed by atoms with Gasteiger partial charge in [0.1, 0.15) is 5.82 Å². The third-order valence-corrected chi connectivity index (χ3v) is 7.92. The molecule has 0 bridgehead atoms. The fourth-order valence-corrected chi connectivity index (χ4v) is 6.05. The van der Waals surface area contributed by atoms with Gasteiger partial charge in [-0.25, -0.2) is 12.8 Å². The molecular formula is C21H30FN3O4S. The number of nitrogens with zero attached hydrogens (tertiary/aromatic N) is 1. The van der Waals surface area contributed by atoms with E-state index in [0.717, 1.165) is 38.5 Å². The van der Waals surface area contributed by atoms with Crippen molar-refractivity contribution in [2.24, 2.45) is 0 Å². The Kier molecular flexibility index (Phi) is 7.46. The van der Waals surface area contributed by atoms with Crippen molar-refractivity contribution in [2.45, 2.75) is 75.3 Å². The summed E-state index contributed by atoms with van der Waals surface area (Å²) < 4.78 is 41.2. The Labute approximate surface area is 177 Å². The van der Waals surface area contributed by atoms with Crippen LogP contribution in [-0.4, -0.2) is 49.7 Å². The van der Waals surface area contributed by atoms with E-state index in [9.17, 15) is 22.4 Å². The topological polar surface area (TPSA) is 95.6 Å². The summed E-state index contributed by atoms with van der Waals surface area (Å²) in [6, 6.07) is 3.61. The summed E-state index contributed by atoms with van der Waals surface area (Å²) in [5.74, 6) is -1.75. The fourth-order valence-electron chi connectivity index (χ4n) is 4.25. The van der Waals surface area contributed by atoms with Crippen LogP contribution in [0.3, 0.4) is 0 Å². The number of piperidine rings is 1. The van der Waals surface area contributed by atoms with E-state index in [2.05, 4.69) is 10.6 Å². The van der Waals surface area contributed by atoms with E-state index in [1.807, 2.05) is 0 Å². The number of benzene rings is 1. The van der Waals surface area contributed by atoms with Crippen LogP contribution >= 0.6 is 0 Å². The van der Waals surface area contributed by atoms with Gasteiger partial charge >= 0.3 is 11.8 Å². The Morgan fingerprint density at radius 1 is 1.10 bits per heavy atom. The number of halogens is 1. The molecular weight excluding hydrogens is 409 g/mol. The van der Waals surface area contributed by atoms with Gasteiger partial charge in [-0.15, -0.1) is 0 Å². The first kappa shape index (κ1) is 22.7. The third-order valence-electron chi connectivity index (χ3n) is 5.97. The number of aryl methyl sites for hydroxylation is 1. The highest BCUT2D eigenvalue weighted by Gasteiger charge is 2.33. The molecule has 2 aliphatic rings. The minimum Gasteiger partial charge on any atom is -0.348 e. The molecule has 2 N–H and O–H groups in total. The largest absolute Gasteiger partial charge is 0.348 e. The molecule has 1 heterocycles. The minimum absolute atomic E-state index is 0.0707. The molecule has 166 valence electrons. The van der Waals surface area contributed by atoms with Crippen molar-refractivity contribution in [3.63, 3.8) is 0 Å². The van der Waals surface area contributed by atoms with Gasteiger partial charge in [0, 0.05) is 25.2 Å². The maximum Gasteiger partial charge on any atom is 0.309 e. The van der Waals surface area contributed by atoms with Crippen molar-refractivity contribution in [1.29, 1.82) is 0 Å². The van der Waals surface area contributed by atoms with Gasteiger partial charge in [-0.1, -0.05) is 19.3 Å². The van der Waals surface area contributed by atoms with Gasteiger partial charge in [-0.3, -0.25) is 9.59 Å². The molecule has 1 aliphatic heterocycles. The monoisotopic (exact) mass is 439 g/mol. The molecule has 0 spiro atoms. The molecule has 1 atom stereocenters. The normalized spacial score (nSPS) is 20.8. The molecule has 7 nitrogen and oxygen atoms in total. The van der Waals surface area contributed by atoms with Crippen molar-refractivity contribution in [3.05, 3.63) is 29.6 Å². The van der Waals surface area contributed by atoms with Crippen LogP contribution in [0.15, 0.2) is 23.1 Å². The summed E-state index contributed by atoms with van der Waals surface area (Å²) >= 11 is 0. The number of hydrogen-bond donors (Lipinski definition) is 2. The van der Waals surface area contributed by atoms with E-state index < -0.39 is 27.7 Å². The molecule has 1 saturated heterocycles. The molecule has 0 aromatic heterocycles. The van der Waals surface area contributed by atoms with E-state index >= 15 is 0 Å². The molecule has 1 aromatic carbocycles. The summed E-state index contributed by atoms with van der Waals surface area (Å²) in [5.41, 5.74) is 0.283. The van der Waals surface area contributed by atoms with Gasteiger partial charge in [0.2, 0.25) is 10.0 Å². The highest BCUT2D eigenvalue weighted by molar-refractivity contribution is 7.89. The second kappa shape index (κ2) is 9.87. The summed E-state index contributed by atoms with van der Waals surface area (Å²) in [7, 11) is -3.76. The molecule has 2 fully saturated rings. The molecule has 1 aliphatic carbocycles. The van der Waals surface area contributed by atoms with Gasteiger partial charge in [-0.05, 0) is 62.8 Å². The first-order chi connectivity index (χ1) is 14.3. The molecule has 1 aromatic rings. The lowest BCUT2D eigenvalue weighted by Gasteiger charge is -2.34. The van der Waals surface area contributed by atoms with Gasteiger partial charge in [0.05, 0.1) is 4.90 Å². The van der Waals surface area contributed by atoms with E-state index in [1.54, 1.807) is 0 Å². The maximum absolute atomic E-state index is 13.6. The Hall–Kier alpha value is -2.00. The van der Waals surface area contributed by atoms with Gasteiger partial charge in [0.25, 0.3) is 0 Å². The number of rotatable bonds is 6. The molecule has 1 saturated carbocycles. The van der Waals surface area contributed by atoms with Crippen LogP contribution in [0.5, 0.6) is 0 Å². The zero-order valence-corrected chi connectivity index (χ0v) is 18.1. The zero-order chi connectivity index (χ0) is 21.7. The SMILES string of the molecule is Cc1cc(S(=O)(=O)N2CCCC[C@H]2CCNC(=O)C(=O)NC2CCCC2)ccc1F. The maximum atomic E-state index is 13.6. The zero-order valence-electron chi connectivity index (χ0n) is 17.3. The summed E-state index contributed by atoms with van der Waals surface area (Å²) in [6.07, 6.45) is 6.68. The predicted molar refractivity (Wildman–Crippen MR) is 111 cm³/mol. The second-order valence-corrected chi connectivity index (χ2v) is 10.1. The molecule has 0 unspecified atom stereocenters. The predicted octanol–water partition coefficient (Wildman–Crippen LogP) is 2.24. The first-order valence-electron chi connectivity index (χ1n) is 10.7. The van der Waals surface area contributed by atoms with Crippen LogP contribution in [0.25, 0.3) is 0 Å². The Balaban J connectivity index is 1.58. The summed E-state index contributed by atoms with van der Waals surface area (Å²) in [5, 5.41) is 5.35. The van der Waals surface area contributed by atoms with Crippen LogP contribution in [-0.2, 0) is 19.6 Å². The highest BCUT2D eigenvalue weighted by Crippen LogP contribution is 2.27.